The molecule has 1 N–H and O–H groups in total. The average Bonchev–Trinajstić information content (AvgIpc) is 3.08. The third-order valence-corrected chi connectivity index (χ3v) is 5.06. The zero-order valence-electron chi connectivity index (χ0n) is 15.8. The Kier molecular flexibility index (Phi) is 6.36. The van der Waals surface area contributed by atoms with Crippen molar-refractivity contribution < 1.29 is 22.5 Å². The van der Waals surface area contributed by atoms with E-state index in [9.17, 15) is 18.0 Å². The number of aromatic nitrogens is 2. The van der Waals surface area contributed by atoms with Gasteiger partial charge in [0.1, 0.15) is 0 Å². The van der Waals surface area contributed by atoms with E-state index in [0.29, 0.717) is 23.7 Å². The Balaban J connectivity index is 1.56. The fourth-order valence-electron chi connectivity index (χ4n) is 3.52. The quantitative estimate of drug-likeness (QED) is 0.786. The van der Waals surface area contributed by atoms with Crippen molar-refractivity contribution in [1.29, 1.82) is 0 Å². The molecule has 2 aromatic rings. The highest BCUT2D eigenvalue weighted by Gasteiger charge is 2.30. The van der Waals surface area contributed by atoms with Crippen molar-refractivity contribution in [2.75, 3.05) is 0 Å². The first kappa shape index (κ1) is 20.4. The van der Waals surface area contributed by atoms with E-state index in [1.807, 2.05) is 0 Å². The summed E-state index contributed by atoms with van der Waals surface area (Å²) in [6.45, 7) is 1.80. The van der Waals surface area contributed by atoms with Gasteiger partial charge in [0.25, 0.3) is 0 Å². The van der Waals surface area contributed by atoms with Gasteiger partial charge in [-0.3, -0.25) is 4.79 Å². The Hall–Kier alpha value is -2.38. The Morgan fingerprint density at radius 3 is 2.75 bits per heavy atom. The molecule has 1 heterocycles. The number of amides is 1. The van der Waals surface area contributed by atoms with E-state index < -0.39 is 11.7 Å². The SMILES string of the molecule is CC(Cc1nc(CC(=O)NC2CCCCC2)no1)c1cccc(C(F)(F)F)c1. The predicted octanol–water partition coefficient (Wildman–Crippen LogP) is 4.43. The Labute approximate surface area is 161 Å². The first-order chi connectivity index (χ1) is 13.3. The molecular formula is C20H24F3N3O2. The molecule has 1 saturated carbocycles. The lowest BCUT2D eigenvalue weighted by Crippen LogP contribution is -2.37. The third kappa shape index (κ3) is 5.56. The minimum Gasteiger partial charge on any atom is -0.353 e. The van der Waals surface area contributed by atoms with Crippen LogP contribution < -0.4 is 5.32 Å². The van der Waals surface area contributed by atoms with Crippen molar-refractivity contribution in [1.82, 2.24) is 15.5 Å². The average molecular weight is 395 g/mol. The molecule has 1 amide bonds. The Morgan fingerprint density at radius 2 is 2.04 bits per heavy atom. The van der Waals surface area contributed by atoms with E-state index in [1.165, 1.54) is 12.5 Å². The highest BCUT2D eigenvalue weighted by molar-refractivity contribution is 5.78. The summed E-state index contributed by atoms with van der Waals surface area (Å²) in [7, 11) is 0. The van der Waals surface area contributed by atoms with Crippen LogP contribution in [0.25, 0.3) is 0 Å². The van der Waals surface area contributed by atoms with Gasteiger partial charge in [-0.25, -0.2) is 0 Å². The fraction of sp³-hybridized carbons (Fsp3) is 0.550. The summed E-state index contributed by atoms with van der Waals surface area (Å²) >= 11 is 0. The topological polar surface area (TPSA) is 68.0 Å². The number of benzene rings is 1. The zero-order valence-corrected chi connectivity index (χ0v) is 15.8. The van der Waals surface area contributed by atoms with Gasteiger partial charge >= 0.3 is 6.18 Å². The molecular weight excluding hydrogens is 371 g/mol. The van der Waals surface area contributed by atoms with Gasteiger partial charge in [-0.1, -0.05) is 49.5 Å². The number of halogens is 3. The van der Waals surface area contributed by atoms with Gasteiger partial charge in [0.05, 0.1) is 12.0 Å². The summed E-state index contributed by atoms with van der Waals surface area (Å²) < 4.78 is 43.8. The summed E-state index contributed by atoms with van der Waals surface area (Å²) in [6.07, 6.45) is 1.44. The van der Waals surface area contributed by atoms with Crippen LogP contribution in [0.2, 0.25) is 0 Å². The molecule has 0 aliphatic heterocycles. The van der Waals surface area contributed by atoms with Gasteiger partial charge in [0, 0.05) is 12.5 Å². The lowest BCUT2D eigenvalue weighted by Gasteiger charge is -2.22. The number of carbonyl (C=O) groups is 1. The Bertz CT molecular complexity index is 798. The maximum atomic E-state index is 12.9. The minimum absolute atomic E-state index is 0.0396. The van der Waals surface area contributed by atoms with Gasteiger partial charge in [-0.2, -0.15) is 18.2 Å². The first-order valence-electron chi connectivity index (χ1n) is 9.59. The van der Waals surface area contributed by atoms with Crippen LogP contribution >= 0.6 is 0 Å². The molecule has 1 atom stereocenters. The first-order valence-corrected chi connectivity index (χ1v) is 9.59. The maximum Gasteiger partial charge on any atom is 0.416 e. The maximum absolute atomic E-state index is 12.9. The third-order valence-electron chi connectivity index (χ3n) is 5.06. The van der Waals surface area contributed by atoms with Gasteiger partial charge in [0.15, 0.2) is 5.82 Å². The van der Waals surface area contributed by atoms with Crippen LogP contribution in [0.5, 0.6) is 0 Å². The summed E-state index contributed by atoms with van der Waals surface area (Å²) in [4.78, 5) is 16.3. The smallest absolute Gasteiger partial charge is 0.353 e. The molecule has 0 radical (unpaired) electrons. The van der Waals surface area contributed by atoms with Crippen molar-refractivity contribution >= 4 is 5.91 Å². The van der Waals surface area contributed by atoms with Gasteiger partial charge < -0.3 is 9.84 Å². The van der Waals surface area contributed by atoms with E-state index in [0.717, 1.165) is 37.8 Å². The van der Waals surface area contributed by atoms with Crippen molar-refractivity contribution in [3.05, 3.63) is 47.1 Å². The highest BCUT2D eigenvalue weighted by atomic mass is 19.4. The number of hydrogen-bond donors (Lipinski definition) is 1. The second-order valence-electron chi connectivity index (χ2n) is 7.41. The van der Waals surface area contributed by atoms with Crippen LogP contribution in [0.3, 0.4) is 0 Å². The van der Waals surface area contributed by atoms with Crippen molar-refractivity contribution in [3.8, 4) is 0 Å². The zero-order chi connectivity index (χ0) is 20.1. The molecule has 1 aliphatic rings. The monoisotopic (exact) mass is 395 g/mol. The molecule has 5 nitrogen and oxygen atoms in total. The molecule has 1 aliphatic carbocycles. The fourth-order valence-corrected chi connectivity index (χ4v) is 3.52. The van der Waals surface area contributed by atoms with E-state index >= 15 is 0 Å². The molecule has 1 fully saturated rings. The second kappa shape index (κ2) is 8.75. The summed E-state index contributed by atoms with van der Waals surface area (Å²) in [5, 5.41) is 6.82. The molecule has 0 saturated heterocycles. The van der Waals surface area contributed by atoms with Crippen LogP contribution in [-0.2, 0) is 23.8 Å². The molecule has 1 aromatic heterocycles. The molecule has 1 unspecified atom stereocenters. The number of nitrogens with zero attached hydrogens (tertiary/aromatic N) is 2. The van der Waals surface area contributed by atoms with Crippen molar-refractivity contribution in [2.45, 2.75) is 70.0 Å². The number of alkyl halides is 3. The molecule has 0 bridgehead atoms. The second-order valence-corrected chi connectivity index (χ2v) is 7.41. The van der Waals surface area contributed by atoms with E-state index in [1.54, 1.807) is 13.0 Å². The van der Waals surface area contributed by atoms with E-state index in [-0.39, 0.29) is 24.3 Å². The summed E-state index contributed by atoms with van der Waals surface area (Å²) in [5.41, 5.74) is -0.132. The lowest BCUT2D eigenvalue weighted by molar-refractivity contribution is -0.137. The summed E-state index contributed by atoms with van der Waals surface area (Å²) in [5.74, 6) is 0.238. The van der Waals surface area contributed by atoms with Gasteiger partial charge in [-0.05, 0) is 30.4 Å². The van der Waals surface area contributed by atoms with Crippen LogP contribution in [0.1, 0.15) is 67.8 Å². The standard InChI is InChI=1S/C20H24F3N3O2/c1-13(14-6-5-7-15(11-14)20(21,22)23)10-19-25-17(26-28-19)12-18(27)24-16-8-3-2-4-9-16/h5-7,11,13,16H,2-4,8-10,12H2,1H3,(H,24,27). The van der Waals surface area contributed by atoms with E-state index in [2.05, 4.69) is 15.5 Å². The molecule has 28 heavy (non-hydrogen) atoms. The van der Waals surface area contributed by atoms with E-state index in [4.69, 9.17) is 4.52 Å². The lowest BCUT2D eigenvalue weighted by atomic mass is 9.95. The van der Waals surface area contributed by atoms with Crippen LogP contribution in [0, 0.1) is 0 Å². The van der Waals surface area contributed by atoms with Crippen molar-refractivity contribution in [3.63, 3.8) is 0 Å². The number of nitrogens with one attached hydrogen (secondary N) is 1. The summed E-state index contributed by atoms with van der Waals surface area (Å²) in [6, 6.07) is 5.44. The largest absolute Gasteiger partial charge is 0.416 e. The normalized spacial score (nSPS) is 16.7. The highest BCUT2D eigenvalue weighted by Crippen LogP contribution is 2.31. The molecule has 8 heteroatoms. The Morgan fingerprint density at radius 1 is 1.29 bits per heavy atom. The van der Waals surface area contributed by atoms with Crippen LogP contribution in [0.4, 0.5) is 13.2 Å². The molecule has 0 spiro atoms. The van der Waals surface area contributed by atoms with Crippen LogP contribution in [0.15, 0.2) is 28.8 Å². The number of hydrogen-bond acceptors (Lipinski definition) is 4. The van der Waals surface area contributed by atoms with Gasteiger partial charge in [0.2, 0.25) is 11.8 Å². The molecule has 3 rings (SSSR count). The predicted molar refractivity (Wildman–Crippen MR) is 96.6 cm³/mol. The number of rotatable bonds is 6. The molecule has 1 aromatic carbocycles. The molecule has 152 valence electrons. The number of carbonyl (C=O) groups excluding carboxylic acids is 1. The van der Waals surface area contributed by atoms with Crippen molar-refractivity contribution in [2.24, 2.45) is 0 Å². The minimum atomic E-state index is -4.38. The van der Waals surface area contributed by atoms with Crippen LogP contribution in [-0.4, -0.2) is 22.1 Å². The van der Waals surface area contributed by atoms with Gasteiger partial charge in [-0.15, -0.1) is 0 Å².